The summed E-state index contributed by atoms with van der Waals surface area (Å²) in [5, 5.41) is 5.27. The van der Waals surface area contributed by atoms with E-state index in [1.807, 2.05) is 0 Å². The molecule has 4 aliphatic carbocycles. The number of benzene rings is 1. The summed E-state index contributed by atoms with van der Waals surface area (Å²) in [5.41, 5.74) is 1.18. The van der Waals surface area contributed by atoms with Crippen LogP contribution >= 0.6 is 0 Å². The fourth-order valence-corrected chi connectivity index (χ4v) is 6.26. The van der Waals surface area contributed by atoms with E-state index in [0.29, 0.717) is 17.7 Å². The van der Waals surface area contributed by atoms with Crippen LogP contribution in [0.25, 0.3) is 0 Å². The first-order valence-electron chi connectivity index (χ1n) is 11.1. The van der Waals surface area contributed by atoms with Crippen molar-refractivity contribution in [2.45, 2.75) is 51.9 Å². The summed E-state index contributed by atoms with van der Waals surface area (Å²) in [4.78, 5) is 47.6. The van der Waals surface area contributed by atoms with Crippen molar-refractivity contribution in [1.82, 2.24) is 5.32 Å². The number of amides is 2. The van der Waals surface area contributed by atoms with Gasteiger partial charge in [0, 0.05) is 17.7 Å². The molecule has 31 heavy (non-hydrogen) atoms. The van der Waals surface area contributed by atoms with Gasteiger partial charge in [-0.1, -0.05) is 0 Å². The van der Waals surface area contributed by atoms with E-state index in [9.17, 15) is 19.2 Å². The number of carbonyl (C=O) groups is 4. The smallest absolute Gasteiger partial charge is 0.325 e. The highest BCUT2D eigenvalue weighted by atomic mass is 16.5. The summed E-state index contributed by atoms with van der Waals surface area (Å²) >= 11 is 0. The Kier molecular flexibility index (Phi) is 6.12. The van der Waals surface area contributed by atoms with Crippen LogP contribution in [-0.2, 0) is 19.1 Å². The average Bonchev–Trinajstić information content (AvgIpc) is 2.70. The minimum Gasteiger partial charge on any atom is -0.454 e. The van der Waals surface area contributed by atoms with Crippen LogP contribution in [0.15, 0.2) is 24.3 Å². The fourth-order valence-electron chi connectivity index (χ4n) is 6.26. The fraction of sp³-hybridized carbons (Fsp3) is 0.583. The van der Waals surface area contributed by atoms with Gasteiger partial charge in [0.2, 0.25) is 5.91 Å². The number of rotatable bonds is 8. The van der Waals surface area contributed by atoms with E-state index < -0.39 is 18.5 Å². The SMILES string of the molecule is CC(=O)c1ccc(NC(=O)COC(=O)CNC(=O)CC23CC4CC(CC(C4)C2)C3)cc1. The lowest BCUT2D eigenvalue weighted by atomic mass is 9.49. The van der Waals surface area contributed by atoms with E-state index in [-0.39, 0.29) is 23.7 Å². The second kappa shape index (κ2) is 8.81. The molecule has 7 heteroatoms. The Morgan fingerprint density at radius 1 is 0.935 bits per heavy atom. The van der Waals surface area contributed by atoms with Gasteiger partial charge in [-0.2, -0.15) is 0 Å². The van der Waals surface area contributed by atoms with Crippen molar-refractivity contribution in [3.63, 3.8) is 0 Å². The normalized spacial score (nSPS) is 28.1. The summed E-state index contributed by atoms with van der Waals surface area (Å²) in [6.07, 6.45) is 7.90. The van der Waals surface area contributed by atoms with Gasteiger partial charge in [-0.25, -0.2) is 0 Å². The zero-order valence-electron chi connectivity index (χ0n) is 17.9. The Bertz CT molecular complexity index is 841. The lowest BCUT2D eigenvalue weighted by Gasteiger charge is -2.56. The third-order valence-corrected chi connectivity index (χ3v) is 7.07. The van der Waals surface area contributed by atoms with Crippen LogP contribution in [0.1, 0.15) is 62.2 Å². The standard InChI is InChI=1S/C24H30N2O5/c1-15(27)19-2-4-20(5-3-19)26-22(29)14-31-23(30)13-25-21(28)12-24-9-16-6-17(10-24)8-18(7-16)11-24/h2-5,16-18H,6-14H2,1H3,(H,25,28)(H,26,29). The third kappa shape index (κ3) is 5.32. The molecule has 0 saturated heterocycles. The quantitative estimate of drug-likeness (QED) is 0.491. The topological polar surface area (TPSA) is 102 Å². The van der Waals surface area contributed by atoms with Crippen molar-refractivity contribution in [2.75, 3.05) is 18.5 Å². The molecular formula is C24H30N2O5. The van der Waals surface area contributed by atoms with Crippen LogP contribution in [0, 0.1) is 23.2 Å². The highest BCUT2D eigenvalue weighted by Crippen LogP contribution is 2.61. The van der Waals surface area contributed by atoms with Crippen molar-refractivity contribution < 1.29 is 23.9 Å². The maximum atomic E-state index is 12.5. The predicted octanol–water partition coefficient (Wildman–Crippen LogP) is 3.09. The van der Waals surface area contributed by atoms with Gasteiger partial charge < -0.3 is 15.4 Å². The highest BCUT2D eigenvalue weighted by molar-refractivity contribution is 5.96. The molecule has 0 aromatic heterocycles. The molecule has 1 aromatic rings. The van der Waals surface area contributed by atoms with Crippen LogP contribution in [0.3, 0.4) is 0 Å². The van der Waals surface area contributed by atoms with Crippen molar-refractivity contribution in [3.8, 4) is 0 Å². The number of hydrogen-bond donors (Lipinski definition) is 2. The number of esters is 1. The van der Waals surface area contributed by atoms with Gasteiger partial charge in [0.25, 0.3) is 5.91 Å². The number of hydrogen-bond acceptors (Lipinski definition) is 5. The maximum Gasteiger partial charge on any atom is 0.325 e. The van der Waals surface area contributed by atoms with Crippen molar-refractivity contribution in [3.05, 3.63) is 29.8 Å². The molecule has 4 fully saturated rings. The number of nitrogens with one attached hydrogen (secondary N) is 2. The first-order valence-corrected chi connectivity index (χ1v) is 11.1. The van der Waals surface area contributed by atoms with Crippen LogP contribution < -0.4 is 10.6 Å². The Hall–Kier alpha value is -2.70. The lowest BCUT2D eigenvalue weighted by Crippen LogP contribution is -2.48. The van der Waals surface area contributed by atoms with E-state index in [1.165, 1.54) is 26.2 Å². The molecule has 7 nitrogen and oxygen atoms in total. The Labute approximate surface area is 182 Å². The summed E-state index contributed by atoms with van der Waals surface area (Å²) in [6, 6.07) is 6.45. The number of carbonyl (C=O) groups excluding carboxylic acids is 4. The molecule has 0 radical (unpaired) electrons. The highest BCUT2D eigenvalue weighted by Gasteiger charge is 2.51. The van der Waals surface area contributed by atoms with Gasteiger partial charge in [0.05, 0.1) is 0 Å². The van der Waals surface area contributed by atoms with Crippen LogP contribution in [0.4, 0.5) is 5.69 Å². The van der Waals surface area contributed by atoms with Gasteiger partial charge >= 0.3 is 5.97 Å². The number of ether oxygens (including phenoxy) is 1. The Morgan fingerprint density at radius 3 is 2.06 bits per heavy atom. The zero-order valence-corrected chi connectivity index (χ0v) is 17.9. The van der Waals surface area contributed by atoms with E-state index in [1.54, 1.807) is 24.3 Å². The van der Waals surface area contributed by atoms with Gasteiger partial charge in [0.1, 0.15) is 6.54 Å². The van der Waals surface area contributed by atoms with Gasteiger partial charge in [-0.05, 0) is 92.9 Å². The van der Waals surface area contributed by atoms with E-state index in [0.717, 1.165) is 37.0 Å². The maximum absolute atomic E-state index is 12.5. The lowest BCUT2D eigenvalue weighted by molar-refractivity contribution is -0.147. The molecule has 0 unspecified atom stereocenters. The second-order valence-electron chi connectivity index (χ2n) is 9.71. The molecule has 1 aromatic carbocycles. The van der Waals surface area contributed by atoms with Gasteiger partial charge in [-0.3, -0.25) is 19.2 Å². The molecule has 0 spiro atoms. The first-order chi connectivity index (χ1) is 14.8. The molecule has 4 saturated carbocycles. The first kappa shape index (κ1) is 21.5. The molecule has 0 atom stereocenters. The van der Waals surface area contributed by atoms with E-state index in [2.05, 4.69) is 10.6 Å². The summed E-state index contributed by atoms with van der Waals surface area (Å²) in [7, 11) is 0. The van der Waals surface area contributed by atoms with Crippen LogP contribution in [0.5, 0.6) is 0 Å². The Balaban J connectivity index is 1.16. The molecule has 4 bridgehead atoms. The molecule has 2 N–H and O–H groups in total. The number of Topliss-reactive ketones (excluding diaryl/α,β-unsaturated/α-hetero) is 1. The second-order valence-corrected chi connectivity index (χ2v) is 9.71. The molecule has 0 aliphatic heterocycles. The zero-order chi connectivity index (χ0) is 22.0. The average molecular weight is 427 g/mol. The largest absolute Gasteiger partial charge is 0.454 e. The third-order valence-electron chi connectivity index (χ3n) is 7.07. The Morgan fingerprint density at radius 2 is 1.52 bits per heavy atom. The van der Waals surface area contributed by atoms with Gasteiger partial charge in [-0.15, -0.1) is 0 Å². The van der Waals surface area contributed by atoms with Crippen LogP contribution in [0.2, 0.25) is 0 Å². The monoisotopic (exact) mass is 426 g/mol. The van der Waals surface area contributed by atoms with E-state index >= 15 is 0 Å². The van der Waals surface area contributed by atoms with Gasteiger partial charge in [0.15, 0.2) is 12.4 Å². The summed E-state index contributed by atoms with van der Waals surface area (Å²) in [5.74, 6) is 1.05. The number of ketones is 1. The van der Waals surface area contributed by atoms with Crippen LogP contribution in [-0.4, -0.2) is 36.7 Å². The molecule has 5 rings (SSSR count). The predicted molar refractivity (Wildman–Crippen MR) is 114 cm³/mol. The van der Waals surface area contributed by atoms with E-state index in [4.69, 9.17) is 4.74 Å². The molecular weight excluding hydrogens is 396 g/mol. The number of anilines is 1. The molecule has 2 amide bonds. The molecule has 166 valence electrons. The molecule has 0 heterocycles. The minimum absolute atomic E-state index is 0.0583. The minimum atomic E-state index is -0.638. The summed E-state index contributed by atoms with van der Waals surface area (Å²) < 4.78 is 4.96. The summed E-state index contributed by atoms with van der Waals surface area (Å²) in [6.45, 7) is 0.804. The van der Waals surface area contributed by atoms with Crippen molar-refractivity contribution >= 4 is 29.3 Å². The van der Waals surface area contributed by atoms with Crippen molar-refractivity contribution in [2.24, 2.45) is 23.2 Å². The van der Waals surface area contributed by atoms with Crippen molar-refractivity contribution in [1.29, 1.82) is 0 Å². The molecule has 4 aliphatic rings.